The van der Waals surface area contributed by atoms with E-state index in [1.54, 1.807) is 20.2 Å². The number of hydrogen-bond donors (Lipinski definition) is 2. The molecule has 7 nitrogen and oxygen atoms in total. The summed E-state index contributed by atoms with van der Waals surface area (Å²) in [4.78, 5) is 11.5. The van der Waals surface area contributed by atoms with Crippen LogP contribution in [0.1, 0.15) is 6.42 Å². The Kier molecular flexibility index (Phi) is 5.97. The van der Waals surface area contributed by atoms with Crippen molar-refractivity contribution in [3.63, 3.8) is 0 Å². The van der Waals surface area contributed by atoms with Crippen LogP contribution in [0.15, 0.2) is 32.3 Å². The largest absolute Gasteiger partial charge is 0.419 e. The van der Waals surface area contributed by atoms with Crippen molar-refractivity contribution in [2.45, 2.75) is 11.3 Å². The fraction of sp³-hybridized carbons (Fsp3) is 0.417. The molecule has 0 aliphatic carbocycles. The van der Waals surface area contributed by atoms with E-state index in [9.17, 15) is 13.2 Å². The highest BCUT2D eigenvalue weighted by Crippen LogP contribution is 2.17. The van der Waals surface area contributed by atoms with Gasteiger partial charge in [0.1, 0.15) is 0 Å². The molecule has 0 radical (unpaired) electrons. The Bertz CT molecular complexity index is 766. The zero-order valence-electron chi connectivity index (χ0n) is 11.8. The normalized spacial score (nSPS) is 11.5. The van der Waals surface area contributed by atoms with Gasteiger partial charge in [-0.25, -0.2) is 17.9 Å². The van der Waals surface area contributed by atoms with Crippen molar-refractivity contribution < 1.29 is 12.8 Å². The zero-order chi connectivity index (χ0) is 14.8. The van der Waals surface area contributed by atoms with Gasteiger partial charge in [-0.15, -0.1) is 12.4 Å². The summed E-state index contributed by atoms with van der Waals surface area (Å²) in [5.41, 5.74) is 0.819. The van der Waals surface area contributed by atoms with E-state index in [4.69, 9.17) is 4.42 Å². The third-order valence-corrected chi connectivity index (χ3v) is 4.43. The Morgan fingerprint density at radius 2 is 2.00 bits per heavy atom. The second-order valence-electron chi connectivity index (χ2n) is 4.41. The van der Waals surface area contributed by atoms with Crippen LogP contribution in [0, 0.1) is 0 Å². The number of rotatable bonds is 6. The molecular weight excluding hydrogens is 318 g/mol. The number of hydrogen-bond acceptors (Lipinski definition) is 5. The summed E-state index contributed by atoms with van der Waals surface area (Å²) >= 11 is 0. The van der Waals surface area contributed by atoms with Crippen LogP contribution in [0.2, 0.25) is 0 Å². The molecule has 21 heavy (non-hydrogen) atoms. The molecule has 0 amide bonds. The molecule has 0 saturated carbocycles. The topological polar surface area (TPSA) is 93.3 Å². The van der Waals surface area contributed by atoms with Crippen molar-refractivity contribution >= 4 is 33.5 Å². The molecule has 0 fully saturated rings. The number of benzene rings is 1. The third-order valence-electron chi connectivity index (χ3n) is 2.97. The molecule has 118 valence electrons. The maximum absolute atomic E-state index is 12.1. The van der Waals surface area contributed by atoms with Gasteiger partial charge in [-0.1, -0.05) is 0 Å². The Morgan fingerprint density at radius 1 is 1.29 bits per heavy atom. The summed E-state index contributed by atoms with van der Waals surface area (Å²) < 4.78 is 33.0. The number of nitrogens with one attached hydrogen (secondary N) is 2. The molecule has 0 bridgehead atoms. The molecule has 1 aromatic heterocycles. The maximum atomic E-state index is 12.1. The molecule has 0 atom stereocenters. The zero-order valence-corrected chi connectivity index (χ0v) is 13.4. The van der Waals surface area contributed by atoms with Gasteiger partial charge in [0.2, 0.25) is 10.0 Å². The summed E-state index contributed by atoms with van der Waals surface area (Å²) in [5, 5.41) is 2.94. The van der Waals surface area contributed by atoms with E-state index >= 15 is 0 Å². The van der Waals surface area contributed by atoms with Gasteiger partial charge in [0, 0.05) is 19.7 Å². The van der Waals surface area contributed by atoms with Crippen LogP contribution in [0.25, 0.3) is 11.1 Å². The first kappa shape index (κ1) is 17.7. The summed E-state index contributed by atoms with van der Waals surface area (Å²) in [6, 6.07) is 4.37. The first-order valence-corrected chi connectivity index (χ1v) is 7.68. The van der Waals surface area contributed by atoms with Gasteiger partial charge in [-0.05, 0) is 32.1 Å². The minimum atomic E-state index is -3.58. The van der Waals surface area contributed by atoms with E-state index in [2.05, 4.69) is 10.0 Å². The van der Waals surface area contributed by atoms with Gasteiger partial charge >= 0.3 is 5.76 Å². The van der Waals surface area contributed by atoms with Crippen LogP contribution in [0.5, 0.6) is 0 Å². The lowest BCUT2D eigenvalue weighted by molar-refractivity contribution is 0.527. The van der Waals surface area contributed by atoms with Gasteiger partial charge in [0.15, 0.2) is 5.58 Å². The van der Waals surface area contributed by atoms with Crippen molar-refractivity contribution in [3.05, 3.63) is 28.7 Å². The van der Waals surface area contributed by atoms with E-state index in [0.717, 1.165) is 6.54 Å². The first-order chi connectivity index (χ1) is 9.45. The number of fused-ring (bicyclic) bond motifs is 1. The van der Waals surface area contributed by atoms with Gasteiger partial charge in [-0.3, -0.25) is 4.57 Å². The first-order valence-electron chi connectivity index (χ1n) is 6.19. The Morgan fingerprint density at radius 3 is 2.67 bits per heavy atom. The quantitative estimate of drug-likeness (QED) is 0.747. The second-order valence-corrected chi connectivity index (χ2v) is 6.18. The second kappa shape index (κ2) is 7.08. The molecule has 1 aromatic carbocycles. The molecule has 2 N–H and O–H groups in total. The van der Waals surface area contributed by atoms with Crippen LogP contribution in [-0.4, -0.2) is 33.1 Å². The van der Waals surface area contributed by atoms with Gasteiger partial charge in [-0.2, -0.15) is 0 Å². The van der Waals surface area contributed by atoms with E-state index < -0.39 is 15.8 Å². The van der Waals surface area contributed by atoms with Crippen molar-refractivity contribution in [2.24, 2.45) is 7.05 Å². The summed E-state index contributed by atoms with van der Waals surface area (Å²) in [6.45, 7) is 1.08. The van der Waals surface area contributed by atoms with Gasteiger partial charge in [0.25, 0.3) is 0 Å². The molecule has 0 saturated heterocycles. The molecular formula is C12H18ClN3O4S. The predicted octanol–water partition coefficient (Wildman–Crippen LogP) is 0.441. The fourth-order valence-corrected chi connectivity index (χ4v) is 2.93. The lowest BCUT2D eigenvalue weighted by Gasteiger charge is -2.06. The Balaban J connectivity index is 0.00000220. The number of aromatic nitrogens is 1. The van der Waals surface area contributed by atoms with E-state index in [0.29, 0.717) is 18.5 Å². The van der Waals surface area contributed by atoms with Gasteiger partial charge in [0.05, 0.1) is 10.4 Å². The lowest BCUT2D eigenvalue weighted by atomic mass is 10.3. The van der Waals surface area contributed by atoms with Crippen molar-refractivity contribution in [1.82, 2.24) is 14.6 Å². The molecule has 0 unspecified atom stereocenters. The van der Waals surface area contributed by atoms with Crippen molar-refractivity contribution in [2.75, 3.05) is 20.1 Å². The predicted molar refractivity (Wildman–Crippen MR) is 82.4 cm³/mol. The Hall–Kier alpha value is -1.35. The van der Waals surface area contributed by atoms with Crippen LogP contribution in [-0.2, 0) is 17.1 Å². The number of oxazole rings is 1. The van der Waals surface area contributed by atoms with Gasteiger partial charge < -0.3 is 9.73 Å². The molecule has 0 aliphatic heterocycles. The van der Waals surface area contributed by atoms with Crippen LogP contribution in [0.4, 0.5) is 0 Å². The minimum Gasteiger partial charge on any atom is -0.408 e. The molecule has 0 spiro atoms. The highest BCUT2D eigenvalue weighted by Gasteiger charge is 2.16. The standard InChI is InChI=1S/C12H17N3O4S.ClH/c1-13-6-3-7-14-20(17,18)9-4-5-10-11(8-9)19-12(16)15(10)2;/h4-5,8,13-14H,3,6-7H2,1-2H3;1H. The number of sulfonamides is 1. The minimum absolute atomic E-state index is 0. The van der Waals surface area contributed by atoms with Crippen LogP contribution < -0.4 is 15.8 Å². The highest BCUT2D eigenvalue weighted by molar-refractivity contribution is 7.89. The Labute approximate surface area is 128 Å². The molecule has 0 aliphatic rings. The van der Waals surface area contributed by atoms with Crippen molar-refractivity contribution in [1.29, 1.82) is 0 Å². The molecule has 9 heteroatoms. The van der Waals surface area contributed by atoms with Crippen LogP contribution >= 0.6 is 12.4 Å². The molecule has 2 aromatic rings. The summed E-state index contributed by atoms with van der Waals surface area (Å²) in [7, 11) is -0.212. The molecule has 1 heterocycles. The fourth-order valence-electron chi connectivity index (χ4n) is 1.84. The number of halogens is 1. The number of aryl methyl sites for hydroxylation is 1. The monoisotopic (exact) mass is 335 g/mol. The van der Waals surface area contributed by atoms with Crippen LogP contribution in [0.3, 0.4) is 0 Å². The third kappa shape index (κ3) is 3.85. The smallest absolute Gasteiger partial charge is 0.408 e. The summed E-state index contributed by atoms with van der Waals surface area (Å²) in [5.74, 6) is -0.517. The van der Waals surface area contributed by atoms with Crippen molar-refractivity contribution in [3.8, 4) is 0 Å². The average molecular weight is 336 g/mol. The maximum Gasteiger partial charge on any atom is 0.419 e. The lowest BCUT2D eigenvalue weighted by Crippen LogP contribution is -2.26. The highest BCUT2D eigenvalue weighted by atomic mass is 35.5. The average Bonchev–Trinajstić information content (AvgIpc) is 2.70. The van der Waals surface area contributed by atoms with E-state index in [1.807, 2.05) is 0 Å². The number of nitrogens with zero attached hydrogens (tertiary/aromatic N) is 1. The molecule has 2 rings (SSSR count). The summed E-state index contributed by atoms with van der Waals surface area (Å²) in [6.07, 6.45) is 0.693. The van der Waals surface area contributed by atoms with E-state index in [-0.39, 0.29) is 22.9 Å². The van der Waals surface area contributed by atoms with E-state index in [1.165, 1.54) is 16.7 Å². The SMILES string of the molecule is CNCCCNS(=O)(=O)c1ccc2c(c1)oc(=O)n2C.Cl.